The lowest BCUT2D eigenvalue weighted by atomic mass is 9.94. The molecule has 0 saturated carbocycles. The van der Waals surface area contributed by atoms with Crippen molar-refractivity contribution in [3.63, 3.8) is 0 Å². The molecule has 1 aliphatic rings. The monoisotopic (exact) mass is 298 g/mol. The molecule has 1 atom stereocenters. The van der Waals surface area contributed by atoms with Gasteiger partial charge in [0.25, 0.3) is 0 Å². The van der Waals surface area contributed by atoms with Gasteiger partial charge in [-0.15, -0.1) is 0 Å². The largest absolute Gasteiger partial charge is 0.314 e. The van der Waals surface area contributed by atoms with Gasteiger partial charge in [0.15, 0.2) is 0 Å². The Morgan fingerprint density at radius 1 is 0.909 bits per heavy atom. The zero-order chi connectivity index (χ0) is 15.5. The maximum atomic E-state index is 13.3. The Hall–Kier alpha value is -1.71. The molecule has 22 heavy (non-hydrogen) atoms. The van der Waals surface area contributed by atoms with Crippen molar-refractivity contribution >= 4 is 0 Å². The van der Waals surface area contributed by atoms with Gasteiger partial charge in [0, 0.05) is 26.2 Å². The standard InChI is InChI=1S/C19H23FN2/c1-14-11-15(2)13-17(12-14)19(22-9-7-21-8-10-22)16-3-5-18(20)6-4-16/h3-6,11-13,19,21H,7-10H2,1-2H3. The first-order valence-corrected chi connectivity index (χ1v) is 7.92. The van der Waals surface area contributed by atoms with E-state index in [1.165, 1.54) is 16.7 Å². The normalized spacial score (nSPS) is 17.4. The molecule has 0 bridgehead atoms. The highest BCUT2D eigenvalue weighted by atomic mass is 19.1. The van der Waals surface area contributed by atoms with Crippen molar-refractivity contribution < 1.29 is 4.39 Å². The molecule has 1 saturated heterocycles. The minimum absolute atomic E-state index is 0.178. The van der Waals surface area contributed by atoms with E-state index in [9.17, 15) is 4.39 Å². The van der Waals surface area contributed by atoms with Gasteiger partial charge in [-0.25, -0.2) is 4.39 Å². The number of hydrogen-bond donors (Lipinski definition) is 1. The minimum atomic E-state index is -0.178. The molecule has 1 unspecified atom stereocenters. The van der Waals surface area contributed by atoms with Crippen LogP contribution in [0.15, 0.2) is 42.5 Å². The summed E-state index contributed by atoms with van der Waals surface area (Å²) in [5.74, 6) is -0.178. The van der Waals surface area contributed by atoms with Gasteiger partial charge in [0.2, 0.25) is 0 Å². The summed E-state index contributed by atoms with van der Waals surface area (Å²) in [6.07, 6.45) is 0. The molecule has 0 amide bonds. The van der Waals surface area contributed by atoms with Gasteiger partial charge in [-0.3, -0.25) is 4.90 Å². The van der Waals surface area contributed by atoms with Crippen LogP contribution in [-0.4, -0.2) is 31.1 Å². The minimum Gasteiger partial charge on any atom is -0.314 e. The molecule has 2 aromatic rings. The van der Waals surface area contributed by atoms with Gasteiger partial charge in [0.05, 0.1) is 6.04 Å². The molecule has 1 fully saturated rings. The average Bonchev–Trinajstić information content (AvgIpc) is 2.50. The Balaban J connectivity index is 2.03. The van der Waals surface area contributed by atoms with E-state index in [-0.39, 0.29) is 11.9 Å². The lowest BCUT2D eigenvalue weighted by molar-refractivity contribution is 0.198. The molecule has 1 aliphatic heterocycles. The average molecular weight is 298 g/mol. The summed E-state index contributed by atoms with van der Waals surface area (Å²) >= 11 is 0. The van der Waals surface area contributed by atoms with Crippen molar-refractivity contribution in [2.75, 3.05) is 26.2 Å². The van der Waals surface area contributed by atoms with E-state index in [2.05, 4.69) is 42.3 Å². The van der Waals surface area contributed by atoms with Crippen LogP contribution in [0, 0.1) is 19.7 Å². The van der Waals surface area contributed by atoms with Crippen molar-refractivity contribution in [1.29, 1.82) is 0 Å². The number of hydrogen-bond acceptors (Lipinski definition) is 2. The van der Waals surface area contributed by atoms with Gasteiger partial charge in [-0.05, 0) is 37.1 Å². The van der Waals surface area contributed by atoms with Gasteiger partial charge in [0.1, 0.15) is 5.82 Å². The summed E-state index contributed by atoms with van der Waals surface area (Å²) in [5, 5.41) is 3.40. The highest BCUT2D eigenvalue weighted by Crippen LogP contribution is 2.30. The fourth-order valence-corrected chi connectivity index (χ4v) is 3.37. The third kappa shape index (κ3) is 3.37. The Bertz CT molecular complexity index is 610. The van der Waals surface area contributed by atoms with Crippen molar-refractivity contribution in [3.8, 4) is 0 Å². The second-order valence-electron chi connectivity index (χ2n) is 6.16. The summed E-state index contributed by atoms with van der Waals surface area (Å²) in [4.78, 5) is 2.48. The van der Waals surface area contributed by atoms with E-state index in [1.54, 1.807) is 12.1 Å². The smallest absolute Gasteiger partial charge is 0.123 e. The lowest BCUT2D eigenvalue weighted by Crippen LogP contribution is -2.45. The Morgan fingerprint density at radius 2 is 1.50 bits per heavy atom. The van der Waals surface area contributed by atoms with E-state index in [0.29, 0.717) is 0 Å². The maximum absolute atomic E-state index is 13.3. The number of piperazine rings is 1. The van der Waals surface area contributed by atoms with E-state index >= 15 is 0 Å². The highest BCUT2D eigenvalue weighted by Gasteiger charge is 2.24. The molecule has 0 radical (unpaired) electrons. The highest BCUT2D eigenvalue weighted by molar-refractivity contribution is 5.37. The van der Waals surface area contributed by atoms with Crippen LogP contribution in [0.4, 0.5) is 4.39 Å². The van der Waals surface area contributed by atoms with Crippen LogP contribution in [0.25, 0.3) is 0 Å². The van der Waals surface area contributed by atoms with Crippen molar-refractivity contribution in [2.45, 2.75) is 19.9 Å². The number of halogens is 1. The molecule has 3 rings (SSSR count). The Labute approximate surface area is 132 Å². The number of nitrogens with one attached hydrogen (secondary N) is 1. The van der Waals surface area contributed by atoms with Crippen molar-refractivity contribution in [3.05, 3.63) is 70.5 Å². The topological polar surface area (TPSA) is 15.3 Å². The summed E-state index contributed by atoms with van der Waals surface area (Å²) in [5.41, 5.74) is 5.01. The molecule has 0 aromatic heterocycles. The molecule has 0 aliphatic carbocycles. The predicted molar refractivity (Wildman–Crippen MR) is 88.6 cm³/mol. The third-order valence-electron chi connectivity index (χ3n) is 4.26. The van der Waals surface area contributed by atoms with Crippen LogP contribution in [0.3, 0.4) is 0 Å². The fourth-order valence-electron chi connectivity index (χ4n) is 3.37. The second kappa shape index (κ2) is 6.59. The SMILES string of the molecule is Cc1cc(C)cc(C(c2ccc(F)cc2)N2CCNCC2)c1. The molecule has 2 aromatic carbocycles. The predicted octanol–water partition coefficient (Wildman–Crippen LogP) is 3.44. The van der Waals surface area contributed by atoms with Gasteiger partial charge in [-0.1, -0.05) is 41.5 Å². The number of benzene rings is 2. The van der Waals surface area contributed by atoms with Gasteiger partial charge >= 0.3 is 0 Å². The first-order valence-electron chi connectivity index (χ1n) is 7.92. The number of nitrogens with zero attached hydrogens (tertiary/aromatic N) is 1. The summed E-state index contributed by atoms with van der Waals surface area (Å²) in [6.45, 7) is 8.29. The summed E-state index contributed by atoms with van der Waals surface area (Å²) in [7, 11) is 0. The fraction of sp³-hybridized carbons (Fsp3) is 0.368. The Kier molecular flexibility index (Phi) is 4.55. The van der Waals surface area contributed by atoms with E-state index < -0.39 is 0 Å². The zero-order valence-electron chi connectivity index (χ0n) is 13.3. The lowest BCUT2D eigenvalue weighted by Gasteiger charge is -2.36. The molecule has 0 spiro atoms. The Morgan fingerprint density at radius 3 is 2.09 bits per heavy atom. The molecule has 1 N–H and O–H groups in total. The van der Waals surface area contributed by atoms with Crippen LogP contribution in [0.2, 0.25) is 0 Å². The molecule has 2 nitrogen and oxygen atoms in total. The van der Waals surface area contributed by atoms with E-state index in [0.717, 1.165) is 31.7 Å². The van der Waals surface area contributed by atoms with Gasteiger partial charge < -0.3 is 5.32 Å². The van der Waals surface area contributed by atoms with Crippen LogP contribution < -0.4 is 5.32 Å². The van der Waals surface area contributed by atoms with Crippen molar-refractivity contribution in [1.82, 2.24) is 10.2 Å². The maximum Gasteiger partial charge on any atom is 0.123 e. The zero-order valence-corrected chi connectivity index (χ0v) is 13.3. The molecular formula is C19H23FN2. The molecule has 1 heterocycles. The van der Waals surface area contributed by atoms with E-state index in [4.69, 9.17) is 0 Å². The van der Waals surface area contributed by atoms with Crippen molar-refractivity contribution in [2.24, 2.45) is 0 Å². The van der Waals surface area contributed by atoms with Crippen LogP contribution in [0.5, 0.6) is 0 Å². The number of rotatable bonds is 3. The first kappa shape index (κ1) is 15.2. The molecule has 116 valence electrons. The van der Waals surface area contributed by atoms with E-state index in [1.807, 2.05) is 12.1 Å². The van der Waals surface area contributed by atoms with Crippen LogP contribution in [-0.2, 0) is 0 Å². The van der Waals surface area contributed by atoms with Crippen LogP contribution >= 0.6 is 0 Å². The summed E-state index contributed by atoms with van der Waals surface area (Å²) < 4.78 is 13.3. The molecular weight excluding hydrogens is 275 g/mol. The number of aryl methyl sites for hydroxylation is 2. The molecule has 3 heteroatoms. The third-order valence-corrected chi connectivity index (χ3v) is 4.26. The summed E-state index contributed by atoms with van der Waals surface area (Å²) in [6, 6.07) is 13.9. The quantitative estimate of drug-likeness (QED) is 0.934. The second-order valence-corrected chi connectivity index (χ2v) is 6.16. The first-order chi connectivity index (χ1) is 10.6. The van der Waals surface area contributed by atoms with Gasteiger partial charge in [-0.2, -0.15) is 0 Å². The van der Waals surface area contributed by atoms with Crippen LogP contribution in [0.1, 0.15) is 28.3 Å².